The van der Waals surface area contributed by atoms with Crippen molar-refractivity contribution in [3.05, 3.63) is 35.1 Å². The third kappa shape index (κ3) is 4.84. The molecular weight excluding hydrogens is 233 g/mol. The standard InChI is InChI=1S/C14H20FNO2/c1-4-18-14(17)7-8-16(3)10-12-9-13(15)6-5-11(12)2/h5-6,9H,4,7-8,10H2,1-3H3. The van der Waals surface area contributed by atoms with Crippen LogP contribution in [-0.2, 0) is 16.1 Å². The summed E-state index contributed by atoms with van der Waals surface area (Å²) < 4.78 is 18.0. The first-order valence-corrected chi connectivity index (χ1v) is 6.12. The lowest BCUT2D eigenvalue weighted by Crippen LogP contribution is -2.22. The van der Waals surface area contributed by atoms with Crippen molar-refractivity contribution in [1.82, 2.24) is 4.90 Å². The van der Waals surface area contributed by atoms with Gasteiger partial charge in [-0.25, -0.2) is 4.39 Å². The second-order valence-corrected chi connectivity index (χ2v) is 4.36. The predicted octanol–water partition coefficient (Wildman–Crippen LogP) is 2.52. The second kappa shape index (κ2) is 7.11. The van der Waals surface area contributed by atoms with Gasteiger partial charge >= 0.3 is 5.97 Å². The van der Waals surface area contributed by atoms with E-state index in [-0.39, 0.29) is 11.8 Å². The smallest absolute Gasteiger partial charge is 0.307 e. The number of carbonyl (C=O) groups is 1. The minimum absolute atomic E-state index is 0.194. The molecular formula is C14H20FNO2. The summed E-state index contributed by atoms with van der Waals surface area (Å²) in [5, 5.41) is 0. The Morgan fingerprint density at radius 1 is 1.44 bits per heavy atom. The lowest BCUT2D eigenvalue weighted by atomic mass is 10.1. The molecule has 0 amide bonds. The van der Waals surface area contributed by atoms with Crippen LogP contribution < -0.4 is 0 Å². The van der Waals surface area contributed by atoms with Crippen LogP contribution >= 0.6 is 0 Å². The lowest BCUT2D eigenvalue weighted by Gasteiger charge is -2.17. The largest absolute Gasteiger partial charge is 0.466 e. The fourth-order valence-electron chi connectivity index (χ4n) is 1.70. The molecule has 0 N–H and O–H groups in total. The van der Waals surface area contributed by atoms with Gasteiger partial charge in [0.15, 0.2) is 0 Å². The lowest BCUT2D eigenvalue weighted by molar-refractivity contribution is -0.143. The van der Waals surface area contributed by atoms with E-state index >= 15 is 0 Å². The third-order valence-electron chi connectivity index (χ3n) is 2.75. The summed E-state index contributed by atoms with van der Waals surface area (Å²) in [5.41, 5.74) is 2.00. The molecule has 0 aliphatic heterocycles. The maximum atomic E-state index is 13.1. The van der Waals surface area contributed by atoms with Crippen molar-refractivity contribution in [2.45, 2.75) is 26.8 Å². The first-order valence-electron chi connectivity index (χ1n) is 6.12. The summed E-state index contributed by atoms with van der Waals surface area (Å²) in [6.07, 6.45) is 0.360. The number of halogens is 1. The van der Waals surface area contributed by atoms with Crippen molar-refractivity contribution in [2.75, 3.05) is 20.2 Å². The molecule has 0 saturated heterocycles. The highest BCUT2D eigenvalue weighted by molar-refractivity contribution is 5.69. The normalized spacial score (nSPS) is 10.7. The number of aryl methyl sites for hydroxylation is 1. The highest BCUT2D eigenvalue weighted by atomic mass is 19.1. The van der Waals surface area contributed by atoms with Crippen LogP contribution in [0.3, 0.4) is 0 Å². The van der Waals surface area contributed by atoms with E-state index in [0.29, 0.717) is 26.1 Å². The molecule has 0 spiro atoms. The molecule has 1 rings (SSSR count). The van der Waals surface area contributed by atoms with Gasteiger partial charge in [0.1, 0.15) is 5.82 Å². The SMILES string of the molecule is CCOC(=O)CCN(C)Cc1cc(F)ccc1C. The van der Waals surface area contributed by atoms with Gasteiger partial charge in [-0.2, -0.15) is 0 Å². The Bertz CT molecular complexity index is 407. The zero-order valence-corrected chi connectivity index (χ0v) is 11.2. The fourth-order valence-corrected chi connectivity index (χ4v) is 1.70. The van der Waals surface area contributed by atoms with E-state index in [0.717, 1.165) is 11.1 Å². The number of rotatable bonds is 6. The number of hydrogen-bond donors (Lipinski definition) is 0. The highest BCUT2D eigenvalue weighted by Crippen LogP contribution is 2.12. The zero-order chi connectivity index (χ0) is 13.5. The zero-order valence-electron chi connectivity index (χ0n) is 11.2. The Morgan fingerprint density at radius 3 is 2.83 bits per heavy atom. The van der Waals surface area contributed by atoms with E-state index in [1.54, 1.807) is 13.0 Å². The molecule has 100 valence electrons. The number of esters is 1. The van der Waals surface area contributed by atoms with Gasteiger partial charge in [0.05, 0.1) is 13.0 Å². The van der Waals surface area contributed by atoms with Crippen LogP contribution in [0.2, 0.25) is 0 Å². The summed E-state index contributed by atoms with van der Waals surface area (Å²) in [5.74, 6) is -0.422. The van der Waals surface area contributed by atoms with Gasteiger partial charge in [-0.05, 0) is 44.2 Å². The molecule has 0 bridgehead atoms. The van der Waals surface area contributed by atoms with E-state index in [2.05, 4.69) is 0 Å². The molecule has 1 aromatic carbocycles. The van der Waals surface area contributed by atoms with Crippen LogP contribution in [0.1, 0.15) is 24.5 Å². The van der Waals surface area contributed by atoms with Crippen LogP contribution in [0.25, 0.3) is 0 Å². The quantitative estimate of drug-likeness (QED) is 0.730. The summed E-state index contributed by atoms with van der Waals surface area (Å²) in [4.78, 5) is 13.2. The Kier molecular flexibility index (Phi) is 5.78. The Hall–Kier alpha value is -1.42. The van der Waals surface area contributed by atoms with Crippen molar-refractivity contribution in [3.8, 4) is 0 Å². The highest BCUT2D eigenvalue weighted by Gasteiger charge is 2.07. The second-order valence-electron chi connectivity index (χ2n) is 4.36. The average Bonchev–Trinajstić information content (AvgIpc) is 2.32. The van der Waals surface area contributed by atoms with Gasteiger partial charge in [-0.3, -0.25) is 4.79 Å². The topological polar surface area (TPSA) is 29.5 Å². The maximum Gasteiger partial charge on any atom is 0.307 e. The Labute approximate surface area is 108 Å². The summed E-state index contributed by atoms with van der Waals surface area (Å²) in [6.45, 7) is 5.38. The predicted molar refractivity (Wildman–Crippen MR) is 68.7 cm³/mol. The molecule has 1 aromatic rings. The van der Waals surface area contributed by atoms with Crippen LogP contribution in [0.4, 0.5) is 4.39 Å². The Morgan fingerprint density at radius 2 is 2.17 bits per heavy atom. The molecule has 3 nitrogen and oxygen atoms in total. The van der Waals surface area contributed by atoms with Crippen LogP contribution in [0.5, 0.6) is 0 Å². The van der Waals surface area contributed by atoms with Crippen LogP contribution in [0, 0.1) is 12.7 Å². The minimum atomic E-state index is -0.227. The molecule has 4 heteroatoms. The molecule has 0 aromatic heterocycles. The van der Waals surface area contributed by atoms with Crippen molar-refractivity contribution < 1.29 is 13.9 Å². The van der Waals surface area contributed by atoms with Gasteiger partial charge in [0.25, 0.3) is 0 Å². The number of nitrogens with zero attached hydrogens (tertiary/aromatic N) is 1. The van der Waals surface area contributed by atoms with Gasteiger partial charge in [0, 0.05) is 13.1 Å². The molecule has 0 atom stereocenters. The fraction of sp³-hybridized carbons (Fsp3) is 0.500. The number of carbonyl (C=O) groups excluding carboxylic acids is 1. The molecule has 0 fully saturated rings. The molecule has 0 saturated carbocycles. The number of ether oxygens (including phenoxy) is 1. The van der Waals surface area contributed by atoms with E-state index in [4.69, 9.17) is 4.74 Å². The summed E-state index contributed by atoms with van der Waals surface area (Å²) in [6, 6.07) is 4.76. The molecule has 0 aliphatic rings. The van der Waals surface area contributed by atoms with E-state index in [1.807, 2.05) is 18.9 Å². The van der Waals surface area contributed by atoms with Gasteiger partial charge in [-0.15, -0.1) is 0 Å². The molecule has 18 heavy (non-hydrogen) atoms. The minimum Gasteiger partial charge on any atom is -0.466 e. The average molecular weight is 253 g/mol. The molecule has 0 unspecified atom stereocenters. The van der Waals surface area contributed by atoms with Crippen LogP contribution in [-0.4, -0.2) is 31.1 Å². The van der Waals surface area contributed by atoms with E-state index in [1.165, 1.54) is 12.1 Å². The van der Waals surface area contributed by atoms with Crippen molar-refractivity contribution >= 4 is 5.97 Å². The van der Waals surface area contributed by atoms with Gasteiger partial charge < -0.3 is 9.64 Å². The third-order valence-corrected chi connectivity index (χ3v) is 2.75. The monoisotopic (exact) mass is 253 g/mol. The summed E-state index contributed by atoms with van der Waals surface area (Å²) >= 11 is 0. The van der Waals surface area contributed by atoms with Gasteiger partial charge in [0.2, 0.25) is 0 Å². The van der Waals surface area contributed by atoms with Crippen molar-refractivity contribution in [3.63, 3.8) is 0 Å². The molecule has 0 radical (unpaired) electrons. The molecule has 0 aliphatic carbocycles. The van der Waals surface area contributed by atoms with Crippen molar-refractivity contribution in [2.24, 2.45) is 0 Å². The Balaban J connectivity index is 2.46. The van der Waals surface area contributed by atoms with E-state index < -0.39 is 0 Å². The first kappa shape index (κ1) is 14.6. The first-order chi connectivity index (χ1) is 8.52. The van der Waals surface area contributed by atoms with Gasteiger partial charge in [-0.1, -0.05) is 6.07 Å². The summed E-state index contributed by atoms with van der Waals surface area (Å²) in [7, 11) is 1.91. The number of hydrogen-bond acceptors (Lipinski definition) is 3. The van der Waals surface area contributed by atoms with Crippen LogP contribution in [0.15, 0.2) is 18.2 Å². The van der Waals surface area contributed by atoms with E-state index in [9.17, 15) is 9.18 Å². The molecule has 0 heterocycles. The number of benzene rings is 1. The van der Waals surface area contributed by atoms with Crippen molar-refractivity contribution in [1.29, 1.82) is 0 Å². The maximum absolute atomic E-state index is 13.1.